The minimum atomic E-state index is -2.46. The molecule has 0 bridgehead atoms. The van der Waals surface area contributed by atoms with Crippen molar-refractivity contribution in [3.8, 4) is 0 Å². The fourth-order valence-corrected chi connectivity index (χ4v) is 0.957. The van der Waals surface area contributed by atoms with Crippen molar-refractivity contribution in [2.75, 3.05) is 0 Å². The van der Waals surface area contributed by atoms with Crippen LogP contribution in [0.2, 0.25) is 0 Å². The van der Waals surface area contributed by atoms with Gasteiger partial charge in [0.05, 0.1) is 0 Å². The summed E-state index contributed by atoms with van der Waals surface area (Å²) in [5.41, 5.74) is 0.670. The summed E-state index contributed by atoms with van der Waals surface area (Å²) in [5, 5.41) is 0. The van der Waals surface area contributed by atoms with Gasteiger partial charge in [-0.3, -0.25) is 0 Å². The van der Waals surface area contributed by atoms with Crippen molar-refractivity contribution < 1.29 is 8.42 Å². The Morgan fingerprint density at radius 3 is 2.75 bits per heavy atom. The highest BCUT2D eigenvalue weighted by molar-refractivity contribution is 7.76. The predicted molar refractivity (Wildman–Crippen MR) is 45.7 cm³/mol. The first-order chi connectivity index (χ1) is 5.61. The van der Waals surface area contributed by atoms with Gasteiger partial charge in [-0.1, -0.05) is 11.6 Å². The molecule has 64 valence electrons. The molecule has 0 saturated carbocycles. The zero-order chi connectivity index (χ0) is 9.14. The lowest BCUT2D eigenvalue weighted by Gasteiger charge is -1.93. The third kappa shape index (κ3) is 2.02. The van der Waals surface area contributed by atoms with E-state index >= 15 is 0 Å². The van der Waals surface area contributed by atoms with E-state index < -0.39 is 10.3 Å². The summed E-state index contributed by atoms with van der Waals surface area (Å²) in [5.74, 6) is 0.0324. The van der Waals surface area contributed by atoms with Crippen molar-refractivity contribution in [3.05, 3.63) is 23.8 Å². The van der Waals surface area contributed by atoms with E-state index in [1.165, 1.54) is 6.20 Å². The van der Waals surface area contributed by atoms with Gasteiger partial charge in [0.1, 0.15) is 0 Å². The van der Waals surface area contributed by atoms with Gasteiger partial charge in [0.25, 0.3) is 0 Å². The van der Waals surface area contributed by atoms with E-state index in [-0.39, 0.29) is 10.1 Å². The molecule has 1 aromatic heterocycles. The minimum Gasteiger partial charge on any atom is -0.235 e. The molecular weight excluding hydrogens is 200 g/mol. The molecule has 6 heteroatoms. The Bertz CT molecular complexity index is 419. The molecule has 0 spiro atoms. The van der Waals surface area contributed by atoms with E-state index in [2.05, 4.69) is 9.97 Å². The third-order valence-corrected chi connectivity index (χ3v) is 2.14. The van der Waals surface area contributed by atoms with Crippen LogP contribution in [0.25, 0.3) is 0 Å². The van der Waals surface area contributed by atoms with Crippen molar-refractivity contribution in [2.45, 2.75) is 6.92 Å². The first kappa shape index (κ1) is 9.15. The van der Waals surface area contributed by atoms with E-state index in [1.807, 2.05) is 0 Å². The van der Waals surface area contributed by atoms with Crippen molar-refractivity contribution in [2.24, 2.45) is 0 Å². The van der Waals surface area contributed by atoms with Gasteiger partial charge in [0.15, 0.2) is 5.82 Å². The number of rotatable bonds is 1. The lowest BCUT2D eigenvalue weighted by molar-refractivity contribution is 0.627. The second-order valence-corrected chi connectivity index (χ2v) is 3.51. The third-order valence-electron chi connectivity index (χ3n) is 1.12. The molecule has 0 aliphatic heterocycles. The zero-order valence-corrected chi connectivity index (χ0v) is 7.72. The highest BCUT2D eigenvalue weighted by Crippen LogP contribution is 1.97. The van der Waals surface area contributed by atoms with E-state index in [0.29, 0.717) is 5.69 Å². The molecular formula is C6H5ClN2O2S. The van der Waals surface area contributed by atoms with Crippen molar-refractivity contribution in [1.29, 1.82) is 0 Å². The SMILES string of the molecule is Cc1ccnc(C(Cl)=S(=O)=O)n1. The number of hydrogen-bond acceptors (Lipinski definition) is 4. The van der Waals surface area contributed by atoms with Gasteiger partial charge < -0.3 is 0 Å². The fraction of sp³-hybridized carbons (Fsp3) is 0.167. The minimum absolute atomic E-state index is 0.0324. The van der Waals surface area contributed by atoms with E-state index in [4.69, 9.17) is 11.6 Å². The maximum absolute atomic E-state index is 10.4. The van der Waals surface area contributed by atoms with Gasteiger partial charge in [-0.25, -0.2) is 9.97 Å². The molecule has 0 aliphatic rings. The lowest BCUT2D eigenvalue weighted by Crippen LogP contribution is -2.01. The summed E-state index contributed by atoms with van der Waals surface area (Å²) < 4.78 is 20.4. The first-order valence-electron chi connectivity index (χ1n) is 3.03. The molecule has 12 heavy (non-hydrogen) atoms. The molecule has 0 saturated heterocycles. The second kappa shape index (κ2) is 3.64. The molecule has 0 unspecified atom stereocenters. The van der Waals surface area contributed by atoms with E-state index in [0.717, 1.165) is 0 Å². The van der Waals surface area contributed by atoms with Gasteiger partial charge in [0.2, 0.25) is 14.6 Å². The van der Waals surface area contributed by atoms with Crippen LogP contribution in [0, 0.1) is 6.92 Å². The number of halogens is 1. The smallest absolute Gasteiger partial charge is 0.235 e. The van der Waals surface area contributed by atoms with Crippen molar-refractivity contribution in [1.82, 2.24) is 9.97 Å². The summed E-state index contributed by atoms with van der Waals surface area (Å²) >= 11 is 5.39. The van der Waals surface area contributed by atoms with Crippen LogP contribution in [-0.2, 0) is 10.3 Å². The van der Waals surface area contributed by atoms with E-state index in [1.54, 1.807) is 13.0 Å². The van der Waals surface area contributed by atoms with Crippen LogP contribution >= 0.6 is 11.6 Å². The highest BCUT2D eigenvalue weighted by atomic mass is 35.5. The normalized spacial score (nSPS) is 9.50. The standard InChI is InChI=1S/C6H5ClN2O2S/c1-4-2-3-8-6(9-4)5(7)12(10)11/h2-3H,1H3. The van der Waals surface area contributed by atoms with Gasteiger partial charge in [-0.15, -0.1) is 0 Å². The molecule has 4 nitrogen and oxygen atoms in total. The fourth-order valence-electron chi connectivity index (χ4n) is 0.618. The van der Waals surface area contributed by atoms with Gasteiger partial charge >= 0.3 is 0 Å². The van der Waals surface area contributed by atoms with Gasteiger partial charge in [-0.05, 0) is 13.0 Å². The maximum Gasteiger partial charge on any atom is 0.237 e. The Hall–Kier alpha value is -0.940. The zero-order valence-electron chi connectivity index (χ0n) is 6.15. The Morgan fingerprint density at radius 1 is 1.58 bits per heavy atom. The predicted octanol–water partition coefficient (Wildman–Crippen LogP) is 0.381. The monoisotopic (exact) mass is 204 g/mol. The number of hydrogen-bond donors (Lipinski definition) is 0. The topological polar surface area (TPSA) is 59.9 Å². The van der Waals surface area contributed by atoms with Crippen LogP contribution in [-0.4, -0.2) is 22.7 Å². The second-order valence-electron chi connectivity index (χ2n) is 2.03. The molecule has 0 aliphatic carbocycles. The molecule has 1 aromatic rings. The highest BCUT2D eigenvalue weighted by Gasteiger charge is 2.04. The molecule has 0 N–H and O–H groups in total. The summed E-state index contributed by atoms with van der Waals surface area (Å²) in [6.07, 6.45) is 1.45. The average molecular weight is 205 g/mol. The van der Waals surface area contributed by atoms with E-state index in [9.17, 15) is 8.42 Å². The Labute approximate surface area is 75.8 Å². The molecule has 0 radical (unpaired) electrons. The Morgan fingerprint density at radius 2 is 2.25 bits per heavy atom. The average Bonchev–Trinajstić information content (AvgIpc) is 2.03. The molecule has 0 fully saturated rings. The maximum atomic E-state index is 10.4. The van der Waals surface area contributed by atoms with Crippen LogP contribution < -0.4 is 0 Å². The summed E-state index contributed by atoms with van der Waals surface area (Å²) in [7, 11) is -2.46. The van der Waals surface area contributed by atoms with Gasteiger partial charge in [0, 0.05) is 11.9 Å². The first-order valence-corrected chi connectivity index (χ1v) is 4.48. The quantitative estimate of drug-likeness (QED) is 0.490. The van der Waals surface area contributed by atoms with Crippen molar-refractivity contribution >= 4 is 26.2 Å². The Balaban J connectivity index is 3.31. The van der Waals surface area contributed by atoms with Crippen LogP contribution in [0.1, 0.15) is 11.5 Å². The van der Waals surface area contributed by atoms with Crippen LogP contribution in [0.4, 0.5) is 0 Å². The summed E-state index contributed by atoms with van der Waals surface area (Å²) in [4.78, 5) is 7.51. The van der Waals surface area contributed by atoms with Crippen molar-refractivity contribution in [3.63, 3.8) is 0 Å². The molecule has 0 amide bonds. The van der Waals surface area contributed by atoms with Crippen LogP contribution in [0.15, 0.2) is 12.3 Å². The van der Waals surface area contributed by atoms with Crippen LogP contribution in [0.5, 0.6) is 0 Å². The number of aryl methyl sites for hydroxylation is 1. The molecule has 1 rings (SSSR count). The molecule has 0 atom stereocenters. The molecule has 1 heterocycles. The lowest BCUT2D eigenvalue weighted by atomic mass is 10.4. The molecule has 0 aromatic carbocycles. The largest absolute Gasteiger partial charge is 0.237 e. The Kier molecular flexibility index (Phi) is 2.78. The summed E-state index contributed by atoms with van der Waals surface area (Å²) in [6.45, 7) is 1.73. The number of nitrogens with zero attached hydrogens (tertiary/aromatic N) is 2. The summed E-state index contributed by atoms with van der Waals surface area (Å²) in [6, 6.07) is 1.65. The van der Waals surface area contributed by atoms with Crippen LogP contribution in [0.3, 0.4) is 0 Å². The van der Waals surface area contributed by atoms with Gasteiger partial charge in [-0.2, -0.15) is 8.42 Å². The number of aromatic nitrogens is 2.